The number of ether oxygens (including phenoxy) is 2. The molecule has 0 fully saturated rings. The summed E-state index contributed by atoms with van der Waals surface area (Å²) >= 11 is 6.07. The minimum absolute atomic E-state index is 0.0148. The predicted molar refractivity (Wildman–Crippen MR) is 79.0 cm³/mol. The number of carbonyl (C=O) groups is 1. The van der Waals surface area contributed by atoms with Crippen molar-refractivity contribution in [2.45, 2.75) is 6.42 Å². The molecule has 0 aliphatic rings. The first-order valence-electron chi connectivity index (χ1n) is 6.14. The van der Waals surface area contributed by atoms with Crippen molar-refractivity contribution in [2.75, 3.05) is 14.2 Å². The van der Waals surface area contributed by atoms with Crippen LogP contribution in [0.1, 0.15) is 15.9 Å². The van der Waals surface area contributed by atoms with E-state index in [1.54, 1.807) is 38.5 Å². The first kappa shape index (κ1) is 14.4. The molecule has 0 unspecified atom stereocenters. The van der Waals surface area contributed by atoms with Gasteiger partial charge in [-0.05, 0) is 29.8 Å². The minimum Gasteiger partial charge on any atom is -0.493 e. The first-order chi connectivity index (χ1) is 9.65. The lowest BCUT2D eigenvalue weighted by Gasteiger charge is -2.09. The largest absolute Gasteiger partial charge is 0.493 e. The van der Waals surface area contributed by atoms with E-state index in [9.17, 15) is 4.79 Å². The van der Waals surface area contributed by atoms with E-state index in [4.69, 9.17) is 21.1 Å². The van der Waals surface area contributed by atoms with Crippen LogP contribution in [0, 0.1) is 0 Å². The van der Waals surface area contributed by atoms with Gasteiger partial charge >= 0.3 is 0 Å². The van der Waals surface area contributed by atoms with E-state index in [0.717, 1.165) is 5.56 Å². The second-order valence-corrected chi connectivity index (χ2v) is 4.67. The Morgan fingerprint density at radius 3 is 2.40 bits per heavy atom. The van der Waals surface area contributed by atoms with Crippen LogP contribution in [0.15, 0.2) is 42.5 Å². The van der Waals surface area contributed by atoms with E-state index in [1.807, 2.05) is 18.2 Å². The summed E-state index contributed by atoms with van der Waals surface area (Å²) in [7, 11) is 3.10. The highest BCUT2D eigenvalue weighted by Gasteiger charge is 2.12. The second kappa shape index (κ2) is 6.44. The van der Waals surface area contributed by atoms with Gasteiger partial charge in [-0.15, -0.1) is 0 Å². The number of benzene rings is 2. The Labute approximate surface area is 123 Å². The molecule has 0 aromatic heterocycles. The maximum Gasteiger partial charge on any atom is 0.167 e. The fourth-order valence-corrected chi connectivity index (χ4v) is 2.13. The first-order valence-corrected chi connectivity index (χ1v) is 6.52. The maximum absolute atomic E-state index is 12.3. The lowest BCUT2D eigenvalue weighted by Crippen LogP contribution is -2.04. The number of carbonyl (C=O) groups excluding carboxylic acids is 1. The van der Waals surface area contributed by atoms with E-state index >= 15 is 0 Å². The smallest absolute Gasteiger partial charge is 0.167 e. The molecule has 0 bridgehead atoms. The van der Waals surface area contributed by atoms with Crippen LogP contribution >= 0.6 is 11.6 Å². The third kappa shape index (κ3) is 3.11. The zero-order valence-electron chi connectivity index (χ0n) is 11.4. The summed E-state index contributed by atoms with van der Waals surface area (Å²) in [5.74, 6) is 1.12. The topological polar surface area (TPSA) is 35.5 Å². The van der Waals surface area contributed by atoms with Crippen molar-refractivity contribution in [2.24, 2.45) is 0 Å². The Kier molecular flexibility index (Phi) is 4.64. The number of methoxy groups -OCH3 is 2. The van der Waals surface area contributed by atoms with Gasteiger partial charge in [-0.1, -0.05) is 29.8 Å². The molecule has 3 nitrogen and oxygen atoms in total. The summed E-state index contributed by atoms with van der Waals surface area (Å²) in [6.45, 7) is 0. The molecule has 104 valence electrons. The van der Waals surface area contributed by atoms with Crippen molar-refractivity contribution in [3.05, 3.63) is 58.6 Å². The van der Waals surface area contributed by atoms with E-state index < -0.39 is 0 Å². The zero-order valence-corrected chi connectivity index (χ0v) is 12.1. The van der Waals surface area contributed by atoms with Crippen LogP contribution in [0.3, 0.4) is 0 Å². The molecule has 4 heteroatoms. The predicted octanol–water partition coefficient (Wildman–Crippen LogP) is 3.78. The molecule has 0 radical (unpaired) electrons. The van der Waals surface area contributed by atoms with Crippen LogP contribution < -0.4 is 9.47 Å². The number of halogens is 1. The monoisotopic (exact) mass is 290 g/mol. The minimum atomic E-state index is -0.0148. The fraction of sp³-hybridized carbons (Fsp3) is 0.188. The third-order valence-corrected chi connectivity index (χ3v) is 3.38. The molecule has 0 aliphatic carbocycles. The van der Waals surface area contributed by atoms with E-state index in [-0.39, 0.29) is 12.2 Å². The molecule has 0 N–H and O–H groups in total. The Morgan fingerprint density at radius 1 is 1.05 bits per heavy atom. The van der Waals surface area contributed by atoms with Crippen LogP contribution in [0.5, 0.6) is 11.5 Å². The second-order valence-electron chi connectivity index (χ2n) is 4.26. The molecule has 2 aromatic carbocycles. The molecule has 20 heavy (non-hydrogen) atoms. The highest BCUT2D eigenvalue weighted by molar-refractivity contribution is 6.31. The van der Waals surface area contributed by atoms with Crippen molar-refractivity contribution in [3.8, 4) is 11.5 Å². The summed E-state index contributed by atoms with van der Waals surface area (Å²) in [5.41, 5.74) is 1.39. The van der Waals surface area contributed by atoms with Gasteiger partial charge in [0.1, 0.15) is 0 Å². The van der Waals surface area contributed by atoms with Gasteiger partial charge < -0.3 is 9.47 Å². The molecule has 0 atom stereocenters. The zero-order chi connectivity index (χ0) is 14.5. The van der Waals surface area contributed by atoms with Crippen molar-refractivity contribution in [3.63, 3.8) is 0 Å². The molecule has 0 heterocycles. The summed E-state index contributed by atoms with van der Waals surface area (Å²) in [6.07, 6.45) is 0.259. The van der Waals surface area contributed by atoms with Gasteiger partial charge in [0.05, 0.1) is 14.2 Å². The Balaban J connectivity index is 2.24. The number of hydrogen-bond donors (Lipinski definition) is 0. The molecule has 0 amide bonds. The molecular weight excluding hydrogens is 276 g/mol. The van der Waals surface area contributed by atoms with E-state index in [1.165, 1.54) is 0 Å². The van der Waals surface area contributed by atoms with Gasteiger partial charge in [-0.2, -0.15) is 0 Å². The molecular formula is C16H15ClO3. The normalized spacial score (nSPS) is 10.2. The fourth-order valence-electron chi connectivity index (χ4n) is 1.93. The van der Waals surface area contributed by atoms with Crippen molar-refractivity contribution >= 4 is 17.4 Å². The Morgan fingerprint density at radius 2 is 1.75 bits per heavy atom. The molecule has 0 aliphatic heterocycles. The Hall–Kier alpha value is -2.00. The van der Waals surface area contributed by atoms with Gasteiger partial charge in [0.25, 0.3) is 0 Å². The highest BCUT2D eigenvalue weighted by atomic mass is 35.5. The average molecular weight is 291 g/mol. The number of Topliss-reactive ketones (excluding diaryl/α,β-unsaturated/α-hetero) is 1. The number of hydrogen-bond acceptors (Lipinski definition) is 3. The van der Waals surface area contributed by atoms with Crippen molar-refractivity contribution < 1.29 is 14.3 Å². The van der Waals surface area contributed by atoms with Gasteiger partial charge in [-0.25, -0.2) is 0 Å². The summed E-state index contributed by atoms with van der Waals surface area (Å²) < 4.78 is 10.3. The van der Waals surface area contributed by atoms with Crippen LogP contribution in [-0.4, -0.2) is 20.0 Å². The summed E-state index contributed by atoms with van der Waals surface area (Å²) in [4.78, 5) is 12.3. The lowest BCUT2D eigenvalue weighted by atomic mass is 10.0. The standard InChI is InChI=1S/C16H15ClO3/c1-19-15-8-7-12(10-16(15)20-2)14(18)9-11-5-3-4-6-13(11)17/h3-8,10H,9H2,1-2H3. The van der Waals surface area contributed by atoms with Gasteiger partial charge in [-0.3, -0.25) is 4.79 Å². The molecule has 2 rings (SSSR count). The maximum atomic E-state index is 12.3. The van der Waals surface area contributed by atoms with Gasteiger partial charge in [0.2, 0.25) is 0 Å². The average Bonchev–Trinajstić information content (AvgIpc) is 2.48. The van der Waals surface area contributed by atoms with Crippen LogP contribution in [0.4, 0.5) is 0 Å². The SMILES string of the molecule is COc1ccc(C(=O)Cc2ccccc2Cl)cc1OC. The quantitative estimate of drug-likeness (QED) is 0.786. The summed E-state index contributed by atoms with van der Waals surface area (Å²) in [6, 6.07) is 12.5. The van der Waals surface area contributed by atoms with E-state index in [0.29, 0.717) is 22.1 Å². The summed E-state index contributed by atoms with van der Waals surface area (Å²) in [5, 5.41) is 0.598. The number of rotatable bonds is 5. The molecule has 0 spiro atoms. The third-order valence-electron chi connectivity index (χ3n) is 3.01. The van der Waals surface area contributed by atoms with Crippen molar-refractivity contribution in [1.82, 2.24) is 0 Å². The van der Waals surface area contributed by atoms with Gasteiger partial charge in [0.15, 0.2) is 17.3 Å². The molecule has 0 saturated carbocycles. The van der Waals surface area contributed by atoms with Crippen LogP contribution in [-0.2, 0) is 6.42 Å². The van der Waals surface area contributed by atoms with Crippen LogP contribution in [0.25, 0.3) is 0 Å². The lowest BCUT2D eigenvalue weighted by molar-refractivity contribution is 0.0992. The molecule has 0 saturated heterocycles. The van der Waals surface area contributed by atoms with Crippen molar-refractivity contribution in [1.29, 1.82) is 0 Å². The van der Waals surface area contributed by atoms with E-state index in [2.05, 4.69) is 0 Å². The molecule has 2 aromatic rings. The highest BCUT2D eigenvalue weighted by Crippen LogP contribution is 2.28. The number of ketones is 1. The Bertz CT molecular complexity index is 623. The van der Waals surface area contributed by atoms with Gasteiger partial charge in [0, 0.05) is 17.0 Å². The van der Waals surface area contributed by atoms with Crippen LogP contribution in [0.2, 0.25) is 5.02 Å².